The van der Waals surface area contributed by atoms with Crippen LogP contribution < -0.4 is 0 Å². The quantitative estimate of drug-likeness (QED) is 0.469. The van der Waals surface area contributed by atoms with Crippen LogP contribution in [-0.4, -0.2) is 0 Å². The third-order valence-corrected chi connectivity index (χ3v) is 1.33. The molecule has 0 aromatic carbocycles. The Hall–Kier alpha value is 1.13. The second-order valence-corrected chi connectivity index (χ2v) is 12.1. The predicted molar refractivity (Wildman–Crippen MR) is 54.6 cm³/mol. The van der Waals surface area contributed by atoms with Gasteiger partial charge in [-0.05, 0) is 25.7 Å². The number of hydrogen-bond acceptors (Lipinski definition) is 0. The van der Waals surface area contributed by atoms with Crippen LogP contribution in [0.5, 0.6) is 0 Å². The van der Waals surface area contributed by atoms with Gasteiger partial charge in [0.05, 0.1) is 0 Å². The Morgan fingerprint density at radius 1 is 0.727 bits per heavy atom. The fourth-order valence-electron chi connectivity index (χ4n) is 0.856. The zero-order valence-corrected chi connectivity index (χ0v) is 11.7. The molecule has 0 N–H and O–H groups in total. The Morgan fingerprint density at radius 3 is 1.09 bits per heavy atom. The van der Waals surface area contributed by atoms with Crippen LogP contribution in [0.15, 0.2) is 24.3 Å². The maximum absolute atomic E-state index is 3.17. The molecule has 3 heteroatoms. The molecule has 0 radical (unpaired) electrons. The molecular weight excluding hydrogens is 451 g/mol. The fraction of sp³-hybridized carbons (Fsp3) is 0.500. The number of hydrogen-bond donors (Lipinski definition) is 0. The standard InChI is InChI=1S/C8H12.2BrH.Pt/c1-2-4-6-8-7-5-3-1;;;/h1-2,7-8H,3-6H2;2*1H;/q;;;+2/p-2. The summed E-state index contributed by atoms with van der Waals surface area (Å²) in [5.41, 5.74) is 0. The Labute approximate surface area is 90.3 Å². The Bertz CT molecular complexity index is 95.3. The Kier molecular flexibility index (Phi) is 12.3. The summed E-state index contributed by atoms with van der Waals surface area (Å²) in [6.45, 7) is 0. The molecular formula is C8H12Br2Pt. The SMILES string of the molecule is C1=CCCC=CCC1.[Br][Pt][Br]. The first-order valence-corrected chi connectivity index (χ1v) is 13.5. The molecule has 0 unspecified atom stereocenters. The second-order valence-electron chi connectivity index (χ2n) is 2.14. The van der Waals surface area contributed by atoms with Crippen molar-refractivity contribution in [3.63, 3.8) is 0 Å². The summed E-state index contributed by atoms with van der Waals surface area (Å²) in [7, 11) is 0. The molecule has 0 bridgehead atoms. The molecule has 0 atom stereocenters. The predicted octanol–water partition coefficient (Wildman–Crippen LogP) is 4.36. The summed E-state index contributed by atoms with van der Waals surface area (Å²) in [6, 6.07) is 0. The maximum atomic E-state index is 3.17. The van der Waals surface area contributed by atoms with E-state index in [0.717, 1.165) is 0 Å². The van der Waals surface area contributed by atoms with E-state index in [9.17, 15) is 0 Å². The minimum atomic E-state index is 0.208. The molecule has 0 fully saturated rings. The van der Waals surface area contributed by atoms with Crippen molar-refractivity contribution in [1.29, 1.82) is 0 Å². The average Bonchev–Trinajstić information content (AvgIpc) is 1.86. The molecule has 0 spiro atoms. The molecule has 0 heterocycles. The van der Waals surface area contributed by atoms with Gasteiger partial charge < -0.3 is 0 Å². The summed E-state index contributed by atoms with van der Waals surface area (Å²) in [6.07, 6.45) is 14.0. The zero-order valence-electron chi connectivity index (χ0n) is 6.21. The minimum absolute atomic E-state index is 0.208. The molecule has 11 heavy (non-hydrogen) atoms. The van der Waals surface area contributed by atoms with Gasteiger partial charge in [0, 0.05) is 0 Å². The van der Waals surface area contributed by atoms with Gasteiger partial charge in [0.25, 0.3) is 0 Å². The zero-order chi connectivity index (χ0) is 8.36. The first kappa shape index (κ1) is 12.1. The van der Waals surface area contributed by atoms with E-state index in [4.69, 9.17) is 0 Å². The van der Waals surface area contributed by atoms with Crippen molar-refractivity contribution in [3.8, 4) is 0 Å². The van der Waals surface area contributed by atoms with Crippen LogP contribution in [0.4, 0.5) is 0 Å². The molecule has 0 amide bonds. The Balaban J connectivity index is 0.000000292. The van der Waals surface area contributed by atoms with Crippen LogP contribution in [0, 0.1) is 0 Å². The topological polar surface area (TPSA) is 0 Å². The molecule has 1 aliphatic carbocycles. The average molecular weight is 463 g/mol. The van der Waals surface area contributed by atoms with Crippen molar-refractivity contribution in [2.24, 2.45) is 0 Å². The van der Waals surface area contributed by atoms with Gasteiger partial charge in [-0.3, -0.25) is 0 Å². The van der Waals surface area contributed by atoms with E-state index in [1.807, 2.05) is 0 Å². The van der Waals surface area contributed by atoms with Crippen LogP contribution in [0.25, 0.3) is 0 Å². The molecule has 68 valence electrons. The van der Waals surface area contributed by atoms with Crippen molar-refractivity contribution in [3.05, 3.63) is 24.3 Å². The van der Waals surface area contributed by atoms with Gasteiger partial charge in [-0.1, -0.05) is 24.3 Å². The van der Waals surface area contributed by atoms with Crippen LogP contribution in [0.2, 0.25) is 0 Å². The van der Waals surface area contributed by atoms with Gasteiger partial charge in [0.2, 0.25) is 0 Å². The van der Waals surface area contributed by atoms with Crippen molar-refractivity contribution < 1.29 is 14.5 Å². The van der Waals surface area contributed by atoms with Crippen molar-refractivity contribution in [2.45, 2.75) is 25.7 Å². The molecule has 0 aliphatic heterocycles. The van der Waals surface area contributed by atoms with Crippen LogP contribution >= 0.6 is 26.6 Å². The van der Waals surface area contributed by atoms with E-state index in [-0.39, 0.29) is 14.5 Å². The van der Waals surface area contributed by atoms with E-state index in [1.165, 1.54) is 25.7 Å². The first-order chi connectivity index (χ1) is 5.41. The summed E-state index contributed by atoms with van der Waals surface area (Å²) < 4.78 is 0. The summed E-state index contributed by atoms with van der Waals surface area (Å²) in [4.78, 5) is 0. The summed E-state index contributed by atoms with van der Waals surface area (Å²) in [5, 5.41) is 0. The van der Waals surface area contributed by atoms with Gasteiger partial charge in [-0.15, -0.1) is 0 Å². The van der Waals surface area contributed by atoms with E-state index in [2.05, 4.69) is 50.9 Å². The van der Waals surface area contributed by atoms with Crippen molar-refractivity contribution >= 4 is 26.6 Å². The second kappa shape index (κ2) is 11.1. The van der Waals surface area contributed by atoms with Gasteiger partial charge >= 0.3 is 41.0 Å². The summed E-state index contributed by atoms with van der Waals surface area (Å²) in [5.74, 6) is 0. The fourth-order valence-corrected chi connectivity index (χ4v) is 0.856. The molecule has 1 rings (SSSR count). The van der Waals surface area contributed by atoms with Crippen LogP contribution in [0.1, 0.15) is 25.7 Å². The van der Waals surface area contributed by atoms with Gasteiger partial charge in [0.1, 0.15) is 0 Å². The third-order valence-electron chi connectivity index (χ3n) is 1.33. The van der Waals surface area contributed by atoms with Gasteiger partial charge in [-0.2, -0.15) is 0 Å². The normalized spacial score (nSPS) is 16.5. The molecule has 0 saturated heterocycles. The van der Waals surface area contributed by atoms with Crippen molar-refractivity contribution in [1.82, 2.24) is 0 Å². The molecule has 0 saturated carbocycles. The number of allylic oxidation sites excluding steroid dienone is 4. The van der Waals surface area contributed by atoms with Crippen LogP contribution in [-0.2, 0) is 14.5 Å². The summed E-state index contributed by atoms with van der Waals surface area (Å²) >= 11 is 6.56. The van der Waals surface area contributed by atoms with Gasteiger partial charge in [-0.25, -0.2) is 0 Å². The van der Waals surface area contributed by atoms with E-state index < -0.39 is 0 Å². The van der Waals surface area contributed by atoms with E-state index in [0.29, 0.717) is 0 Å². The van der Waals surface area contributed by atoms with Crippen molar-refractivity contribution in [2.75, 3.05) is 0 Å². The van der Waals surface area contributed by atoms with Crippen LogP contribution in [0.3, 0.4) is 0 Å². The monoisotopic (exact) mass is 461 g/mol. The van der Waals surface area contributed by atoms with Gasteiger partial charge in [0.15, 0.2) is 0 Å². The molecule has 0 aromatic heterocycles. The van der Waals surface area contributed by atoms with E-state index >= 15 is 0 Å². The Morgan fingerprint density at radius 2 is 0.909 bits per heavy atom. The molecule has 0 nitrogen and oxygen atoms in total. The number of halogens is 2. The molecule has 1 aliphatic rings. The third kappa shape index (κ3) is 11.1. The van der Waals surface area contributed by atoms with E-state index in [1.54, 1.807) is 0 Å². The molecule has 0 aromatic rings. The first-order valence-electron chi connectivity index (χ1n) is 3.54. The number of rotatable bonds is 0.